The number of aromatic nitrogens is 4. The van der Waals surface area contributed by atoms with Crippen LogP contribution in [0, 0.1) is 5.92 Å². The van der Waals surface area contributed by atoms with Crippen LogP contribution in [0.15, 0.2) is 47.8 Å². The second-order valence-corrected chi connectivity index (χ2v) is 7.84. The lowest BCUT2D eigenvalue weighted by Crippen LogP contribution is -2.34. The Balaban J connectivity index is 1.50. The maximum absolute atomic E-state index is 13.2. The van der Waals surface area contributed by atoms with E-state index in [1.165, 1.54) is 12.8 Å². The van der Waals surface area contributed by atoms with Gasteiger partial charge in [0.05, 0.1) is 23.3 Å². The fourth-order valence-corrected chi connectivity index (χ4v) is 4.22. The average molecular weight is 363 g/mol. The quantitative estimate of drug-likeness (QED) is 0.676. The number of hydrogen-bond donors (Lipinski definition) is 0. The van der Waals surface area contributed by atoms with Crippen molar-refractivity contribution < 1.29 is 0 Å². The first-order valence-corrected chi connectivity index (χ1v) is 9.99. The largest absolute Gasteiger partial charge is 0.336 e. The highest BCUT2D eigenvalue weighted by molar-refractivity contribution is 5.77. The van der Waals surface area contributed by atoms with Crippen LogP contribution in [0.2, 0.25) is 0 Å². The Morgan fingerprint density at radius 1 is 1.11 bits per heavy atom. The van der Waals surface area contributed by atoms with Crippen molar-refractivity contribution in [3.05, 3.63) is 59.2 Å². The lowest BCUT2D eigenvalue weighted by atomic mass is 10.1. The number of nitrogens with zero attached hydrogens (tertiary/aromatic N) is 5. The molecule has 2 fully saturated rings. The second kappa shape index (κ2) is 6.93. The summed E-state index contributed by atoms with van der Waals surface area (Å²) in [5.41, 5.74) is 0.954. The van der Waals surface area contributed by atoms with Crippen molar-refractivity contribution >= 4 is 10.9 Å². The Kier molecular flexibility index (Phi) is 4.28. The number of hydrogen-bond acceptors (Lipinski definition) is 4. The molecule has 140 valence electrons. The Hall–Kier alpha value is -2.47. The molecule has 1 aliphatic heterocycles. The van der Waals surface area contributed by atoms with Gasteiger partial charge in [0.2, 0.25) is 0 Å². The van der Waals surface area contributed by atoms with Gasteiger partial charge >= 0.3 is 0 Å². The SMILES string of the molecule is O=c1c2ccccc2nc(C2CCCN2CCn2ccnc2)n1CC1CC1. The molecule has 0 N–H and O–H groups in total. The summed E-state index contributed by atoms with van der Waals surface area (Å²) in [7, 11) is 0. The highest BCUT2D eigenvalue weighted by Gasteiger charge is 2.32. The van der Waals surface area contributed by atoms with Gasteiger partial charge in [-0.3, -0.25) is 14.3 Å². The molecule has 1 aromatic carbocycles. The summed E-state index contributed by atoms with van der Waals surface area (Å²) < 4.78 is 4.10. The third kappa shape index (κ3) is 3.30. The highest BCUT2D eigenvalue weighted by atomic mass is 16.1. The number of imidazole rings is 1. The van der Waals surface area contributed by atoms with E-state index in [2.05, 4.69) is 14.5 Å². The topological polar surface area (TPSA) is 56.0 Å². The summed E-state index contributed by atoms with van der Waals surface area (Å²) >= 11 is 0. The summed E-state index contributed by atoms with van der Waals surface area (Å²) in [6, 6.07) is 7.99. The van der Waals surface area contributed by atoms with Crippen molar-refractivity contribution in [1.82, 2.24) is 24.0 Å². The Labute approximate surface area is 158 Å². The van der Waals surface area contributed by atoms with Gasteiger partial charge in [-0.25, -0.2) is 9.97 Å². The molecule has 6 heteroatoms. The first-order chi connectivity index (χ1) is 13.3. The first-order valence-electron chi connectivity index (χ1n) is 9.99. The third-order valence-corrected chi connectivity index (χ3v) is 5.90. The Morgan fingerprint density at radius 2 is 2.00 bits per heavy atom. The van der Waals surface area contributed by atoms with Crippen molar-refractivity contribution in [2.24, 2.45) is 5.92 Å². The summed E-state index contributed by atoms with van der Waals surface area (Å²) in [5.74, 6) is 1.61. The van der Waals surface area contributed by atoms with E-state index in [-0.39, 0.29) is 11.6 Å². The van der Waals surface area contributed by atoms with Gasteiger partial charge in [-0.2, -0.15) is 0 Å². The molecule has 0 bridgehead atoms. The molecule has 0 spiro atoms. The number of likely N-dealkylation sites (tertiary alicyclic amines) is 1. The Bertz CT molecular complexity index is 989. The van der Waals surface area contributed by atoms with Crippen LogP contribution in [0.1, 0.15) is 37.5 Å². The number of fused-ring (bicyclic) bond motifs is 1. The molecule has 6 nitrogen and oxygen atoms in total. The molecule has 1 unspecified atom stereocenters. The number of para-hydroxylation sites is 1. The molecule has 2 aliphatic rings. The average Bonchev–Trinajstić information content (AvgIpc) is 3.16. The van der Waals surface area contributed by atoms with Crippen LogP contribution in [-0.4, -0.2) is 37.1 Å². The fraction of sp³-hybridized carbons (Fsp3) is 0.476. The van der Waals surface area contributed by atoms with Crippen molar-refractivity contribution in [3.63, 3.8) is 0 Å². The van der Waals surface area contributed by atoms with E-state index in [1.54, 1.807) is 0 Å². The van der Waals surface area contributed by atoms with Crippen molar-refractivity contribution in [3.8, 4) is 0 Å². The Morgan fingerprint density at radius 3 is 2.81 bits per heavy atom. The molecular formula is C21H25N5O. The molecule has 1 atom stereocenters. The van der Waals surface area contributed by atoms with Crippen LogP contribution in [-0.2, 0) is 13.1 Å². The second-order valence-electron chi connectivity index (χ2n) is 7.84. The molecule has 1 saturated carbocycles. The zero-order valence-corrected chi connectivity index (χ0v) is 15.5. The van der Waals surface area contributed by atoms with Crippen LogP contribution >= 0.6 is 0 Å². The molecule has 1 saturated heterocycles. The van der Waals surface area contributed by atoms with Crippen LogP contribution in [0.25, 0.3) is 10.9 Å². The van der Waals surface area contributed by atoms with E-state index in [0.29, 0.717) is 5.92 Å². The van der Waals surface area contributed by atoms with E-state index < -0.39 is 0 Å². The summed E-state index contributed by atoms with van der Waals surface area (Å²) in [6.45, 7) is 3.74. The highest BCUT2D eigenvalue weighted by Crippen LogP contribution is 2.34. The van der Waals surface area contributed by atoms with Crippen LogP contribution < -0.4 is 5.56 Å². The summed E-state index contributed by atoms with van der Waals surface area (Å²) in [6.07, 6.45) is 10.4. The van der Waals surface area contributed by atoms with Gasteiger partial charge in [0.1, 0.15) is 5.82 Å². The van der Waals surface area contributed by atoms with Gasteiger partial charge < -0.3 is 4.57 Å². The first kappa shape index (κ1) is 16.7. The van der Waals surface area contributed by atoms with Gasteiger partial charge in [0.25, 0.3) is 5.56 Å². The van der Waals surface area contributed by atoms with Crippen LogP contribution in [0.4, 0.5) is 0 Å². The summed E-state index contributed by atoms with van der Waals surface area (Å²) in [4.78, 5) is 24.8. The molecule has 3 heterocycles. The van der Waals surface area contributed by atoms with Crippen molar-refractivity contribution in [2.45, 2.75) is 44.8 Å². The van der Waals surface area contributed by atoms with Gasteiger partial charge in [0, 0.05) is 32.0 Å². The zero-order chi connectivity index (χ0) is 18.2. The van der Waals surface area contributed by atoms with E-state index in [0.717, 1.165) is 55.7 Å². The van der Waals surface area contributed by atoms with E-state index >= 15 is 0 Å². The minimum Gasteiger partial charge on any atom is -0.336 e. The number of benzene rings is 1. The molecule has 0 radical (unpaired) electrons. The minimum atomic E-state index is 0.129. The van der Waals surface area contributed by atoms with Gasteiger partial charge in [-0.05, 0) is 50.3 Å². The molecule has 5 rings (SSSR count). The maximum atomic E-state index is 13.2. The van der Waals surface area contributed by atoms with Crippen LogP contribution in [0.3, 0.4) is 0 Å². The zero-order valence-electron chi connectivity index (χ0n) is 15.5. The van der Waals surface area contributed by atoms with Crippen molar-refractivity contribution in [1.29, 1.82) is 0 Å². The molecular weight excluding hydrogens is 338 g/mol. The smallest absolute Gasteiger partial charge is 0.261 e. The third-order valence-electron chi connectivity index (χ3n) is 5.90. The normalized spacial score (nSPS) is 20.5. The van der Waals surface area contributed by atoms with Crippen LogP contribution in [0.5, 0.6) is 0 Å². The minimum absolute atomic E-state index is 0.129. The lowest BCUT2D eigenvalue weighted by molar-refractivity contribution is 0.231. The van der Waals surface area contributed by atoms with Crippen molar-refractivity contribution in [2.75, 3.05) is 13.1 Å². The van der Waals surface area contributed by atoms with E-state index in [9.17, 15) is 4.79 Å². The molecule has 1 aliphatic carbocycles. The monoisotopic (exact) mass is 363 g/mol. The predicted octanol–water partition coefficient (Wildman–Crippen LogP) is 2.84. The maximum Gasteiger partial charge on any atom is 0.261 e. The predicted molar refractivity (Wildman–Crippen MR) is 105 cm³/mol. The summed E-state index contributed by atoms with van der Waals surface area (Å²) in [5, 5.41) is 0.741. The molecule has 0 amide bonds. The molecule has 2 aromatic heterocycles. The molecule has 27 heavy (non-hydrogen) atoms. The lowest BCUT2D eigenvalue weighted by Gasteiger charge is -2.26. The van der Waals surface area contributed by atoms with Gasteiger partial charge in [-0.1, -0.05) is 12.1 Å². The standard InChI is InChI=1S/C21H25N5O/c27-21-17-4-1-2-5-18(17)23-20(26(21)14-16-7-8-16)19-6-3-10-25(19)13-12-24-11-9-22-15-24/h1-2,4-5,9,11,15-16,19H,3,6-8,10,12-14H2. The number of rotatable bonds is 6. The van der Waals surface area contributed by atoms with Gasteiger partial charge in [-0.15, -0.1) is 0 Å². The van der Waals surface area contributed by atoms with E-state index in [1.807, 2.05) is 47.6 Å². The molecule has 3 aromatic rings. The van der Waals surface area contributed by atoms with E-state index in [4.69, 9.17) is 4.98 Å². The van der Waals surface area contributed by atoms with Gasteiger partial charge in [0.15, 0.2) is 0 Å². The fourth-order valence-electron chi connectivity index (χ4n) is 4.22.